The molecule has 0 aliphatic rings. The maximum atomic E-state index is 13.9. The number of hydrogen-bond acceptors (Lipinski definition) is 6. The van der Waals surface area contributed by atoms with Gasteiger partial charge in [-0.15, -0.1) is 0 Å². The van der Waals surface area contributed by atoms with Gasteiger partial charge in [0.1, 0.15) is 4.90 Å². The van der Waals surface area contributed by atoms with Crippen LogP contribution in [0.1, 0.15) is 13.3 Å². The number of nitrogens with two attached hydrogens (primary N) is 1. The molecule has 1 atom stereocenters. The van der Waals surface area contributed by atoms with E-state index in [4.69, 9.17) is 10.5 Å². The van der Waals surface area contributed by atoms with E-state index in [1.165, 1.54) is 7.11 Å². The van der Waals surface area contributed by atoms with E-state index in [2.05, 4.69) is 4.72 Å². The number of sulfonamides is 1. The summed E-state index contributed by atoms with van der Waals surface area (Å²) in [4.78, 5) is 8.92. The van der Waals surface area contributed by atoms with E-state index in [9.17, 15) is 22.9 Å². The molecule has 0 heterocycles. The highest BCUT2D eigenvalue weighted by Crippen LogP contribution is 2.27. The summed E-state index contributed by atoms with van der Waals surface area (Å²) in [6.07, 6.45) is 0.418. The van der Waals surface area contributed by atoms with Crippen molar-refractivity contribution in [3.8, 4) is 0 Å². The Labute approximate surface area is 121 Å². The third-order valence-electron chi connectivity index (χ3n) is 2.72. The van der Waals surface area contributed by atoms with Gasteiger partial charge in [0.25, 0.3) is 5.69 Å². The SMILES string of the molecule is CCC(COC)NS(=O)(=O)c1c(N)cc([N+](=O)[O-])cc1F. The number of ether oxygens (including phenoxy) is 1. The normalized spacial score (nSPS) is 13.1. The summed E-state index contributed by atoms with van der Waals surface area (Å²) in [5.74, 6) is -1.28. The first-order valence-corrected chi connectivity index (χ1v) is 7.46. The summed E-state index contributed by atoms with van der Waals surface area (Å²) in [6, 6.07) is 0.755. The van der Waals surface area contributed by atoms with Gasteiger partial charge in [0, 0.05) is 19.2 Å². The smallest absolute Gasteiger partial charge is 0.274 e. The van der Waals surface area contributed by atoms with Crippen LogP contribution >= 0.6 is 0 Å². The van der Waals surface area contributed by atoms with Gasteiger partial charge >= 0.3 is 0 Å². The monoisotopic (exact) mass is 321 g/mol. The largest absolute Gasteiger partial charge is 0.397 e. The predicted molar refractivity (Wildman–Crippen MR) is 73.7 cm³/mol. The lowest BCUT2D eigenvalue weighted by Gasteiger charge is -2.17. The number of nitrogens with one attached hydrogen (secondary N) is 1. The van der Waals surface area contributed by atoms with Crippen LogP contribution in [-0.4, -0.2) is 33.1 Å². The summed E-state index contributed by atoms with van der Waals surface area (Å²) in [7, 11) is -2.85. The first-order valence-electron chi connectivity index (χ1n) is 5.97. The van der Waals surface area contributed by atoms with Crippen molar-refractivity contribution in [1.82, 2.24) is 4.72 Å². The molecule has 0 saturated heterocycles. The van der Waals surface area contributed by atoms with Crippen molar-refractivity contribution >= 4 is 21.4 Å². The fraction of sp³-hybridized carbons (Fsp3) is 0.455. The summed E-state index contributed by atoms with van der Waals surface area (Å²) >= 11 is 0. The Balaban J connectivity index is 3.23. The molecule has 1 aromatic carbocycles. The van der Waals surface area contributed by atoms with Gasteiger partial charge < -0.3 is 10.5 Å². The average molecular weight is 321 g/mol. The van der Waals surface area contributed by atoms with Crippen LogP contribution in [0.4, 0.5) is 15.8 Å². The summed E-state index contributed by atoms with van der Waals surface area (Å²) < 4.78 is 45.3. The molecule has 21 heavy (non-hydrogen) atoms. The zero-order chi connectivity index (χ0) is 16.2. The maximum Gasteiger partial charge on any atom is 0.274 e. The maximum absolute atomic E-state index is 13.9. The van der Waals surface area contributed by atoms with Crippen molar-refractivity contribution in [3.63, 3.8) is 0 Å². The zero-order valence-corrected chi connectivity index (χ0v) is 12.3. The molecule has 0 saturated carbocycles. The number of benzene rings is 1. The van der Waals surface area contributed by atoms with Crippen LogP contribution in [0.25, 0.3) is 0 Å². The minimum absolute atomic E-state index is 0.101. The van der Waals surface area contributed by atoms with E-state index in [-0.39, 0.29) is 6.61 Å². The second-order valence-electron chi connectivity index (χ2n) is 4.28. The Morgan fingerprint density at radius 1 is 1.52 bits per heavy atom. The molecule has 8 nitrogen and oxygen atoms in total. The quantitative estimate of drug-likeness (QED) is 0.439. The summed E-state index contributed by atoms with van der Waals surface area (Å²) in [5.41, 5.74) is 4.30. The molecule has 0 aliphatic carbocycles. The van der Waals surface area contributed by atoms with E-state index >= 15 is 0 Å². The molecule has 10 heteroatoms. The van der Waals surface area contributed by atoms with Gasteiger partial charge in [0.15, 0.2) is 5.82 Å². The first kappa shape index (κ1) is 17.3. The molecule has 0 aliphatic heterocycles. The van der Waals surface area contributed by atoms with Crippen molar-refractivity contribution in [3.05, 3.63) is 28.1 Å². The molecular weight excluding hydrogens is 305 g/mol. The van der Waals surface area contributed by atoms with Gasteiger partial charge in [0.2, 0.25) is 10.0 Å². The number of non-ortho nitro benzene ring substituents is 1. The van der Waals surface area contributed by atoms with Crippen LogP contribution in [0, 0.1) is 15.9 Å². The Bertz CT molecular complexity index is 612. The molecule has 0 spiro atoms. The van der Waals surface area contributed by atoms with E-state index in [1.54, 1.807) is 6.92 Å². The number of nitro groups is 1. The van der Waals surface area contributed by atoms with Gasteiger partial charge in [-0.1, -0.05) is 6.92 Å². The van der Waals surface area contributed by atoms with Crippen LogP contribution in [0.5, 0.6) is 0 Å². The standard InChI is InChI=1S/C11H16FN3O5S/c1-3-7(6-20-2)14-21(18,19)11-9(12)4-8(15(16)17)5-10(11)13/h4-5,7,14H,3,6,13H2,1-2H3. The topological polar surface area (TPSA) is 125 Å². The third-order valence-corrected chi connectivity index (χ3v) is 4.33. The molecule has 0 radical (unpaired) electrons. The van der Waals surface area contributed by atoms with Crippen LogP contribution < -0.4 is 10.5 Å². The number of hydrogen-bond donors (Lipinski definition) is 2. The first-order chi connectivity index (χ1) is 9.72. The number of anilines is 1. The summed E-state index contributed by atoms with van der Waals surface area (Å²) in [5, 5.41) is 10.6. The Hall–Kier alpha value is -1.78. The fourth-order valence-corrected chi connectivity index (χ4v) is 3.18. The second-order valence-corrected chi connectivity index (χ2v) is 5.94. The van der Waals surface area contributed by atoms with E-state index < -0.39 is 43.1 Å². The van der Waals surface area contributed by atoms with Crippen LogP contribution in [-0.2, 0) is 14.8 Å². The fourth-order valence-electron chi connectivity index (χ4n) is 1.70. The van der Waals surface area contributed by atoms with Crippen LogP contribution in [0.15, 0.2) is 17.0 Å². The highest BCUT2D eigenvalue weighted by atomic mass is 32.2. The molecule has 0 fully saturated rings. The lowest BCUT2D eigenvalue weighted by Crippen LogP contribution is -2.38. The highest BCUT2D eigenvalue weighted by molar-refractivity contribution is 7.89. The molecule has 118 valence electrons. The molecule has 1 rings (SSSR count). The molecule has 3 N–H and O–H groups in total. The van der Waals surface area contributed by atoms with Crippen molar-refractivity contribution in [2.45, 2.75) is 24.3 Å². The Kier molecular flexibility index (Phi) is 5.58. The van der Waals surface area contributed by atoms with Crippen molar-refractivity contribution in [2.75, 3.05) is 19.5 Å². The average Bonchev–Trinajstić information content (AvgIpc) is 2.36. The third kappa shape index (κ3) is 4.09. The van der Waals surface area contributed by atoms with Gasteiger partial charge in [-0.2, -0.15) is 0 Å². The van der Waals surface area contributed by atoms with Crippen molar-refractivity contribution < 1.29 is 22.5 Å². The number of nitrogen functional groups attached to an aromatic ring is 1. The molecule has 1 unspecified atom stereocenters. The van der Waals surface area contributed by atoms with E-state index in [1.807, 2.05) is 0 Å². The summed E-state index contributed by atoms with van der Waals surface area (Å²) in [6.45, 7) is 1.83. The number of nitro benzene ring substituents is 1. The second kappa shape index (κ2) is 6.78. The zero-order valence-electron chi connectivity index (χ0n) is 11.5. The lowest BCUT2D eigenvalue weighted by atomic mass is 10.3. The van der Waals surface area contributed by atoms with Crippen molar-refractivity contribution in [1.29, 1.82) is 0 Å². The minimum Gasteiger partial charge on any atom is -0.397 e. The molecular formula is C11H16FN3O5S. The highest BCUT2D eigenvalue weighted by Gasteiger charge is 2.27. The van der Waals surface area contributed by atoms with E-state index in [0.29, 0.717) is 12.5 Å². The minimum atomic E-state index is -4.25. The molecule has 0 aromatic heterocycles. The Morgan fingerprint density at radius 3 is 2.57 bits per heavy atom. The molecule has 1 aromatic rings. The number of nitrogens with zero attached hydrogens (tertiary/aromatic N) is 1. The van der Waals surface area contributed by atoms with Crippen molar-refractivity contribution in [2.24, 2.45) is 0 Å². The van der Waals surface area contributed by atoms with Gasteiger partial charge in [-0.3, -0.25) is 10.1 Å². The number of methoxy groups -OCH3 is 1. The number of rotatable bonds is 7. The molecule has 0 amide bonds. The Morgan fingerprint density at radius 2 is 2.14 bits per heavy atom. The van der Waals surface area contributed by atoms with Gasteiger partial charge in [0.05, 0.1) is 23.3 Å². The van der Waals surface area contributed by atoms with Crippen LogP contribution in [0.3, 0.4) is 0 Å². The number of halogens is 1. The predicted octanol–water partition coefficient (Wildman–Crippen LogP) is 1.02. The van der Waals surface area contributed by atoms with Gasteiger partial charge in [-0.05, 0) is 6.42 Å². The molecule has 0 bridgehead atoms. The van der Waals surface area contributed by atoms with Crippen LogP contribution in [0.2, 0.25) is 0 Å². The van der Waals surface area contributed by atoms with E-state index in [0.717, 1.165) is 6.07 Å². The lowest BCUT2D eigenvalue weighted by molar-refractivity contribution is -0.385. The van der Waals surface area contributed by atoms with Gasteiger partial charge in [-0.25, -0.2) is 17.5 Å².